The molecule has 0 spiro atoms. The summed E-state index contributed by atoms with van der Waals surface area (Å²) in [7, 11) is -3.55. The topological polar surface area (TPSA) is 83.5 Å². The van der Waals surface area contributed by atoms with E-state index in [0.29, 0.717) is 12.3 Å². The van der Waals surface area contributed by atoms with Crippen molar-refractivity contribution in [3.63, 3.8) is 0 Å². The van der Waals surface area contributed by atoms with E-state index in [1.54, 1.807) is 0 Å². The molecule has 0 aliphatic rings. The Balaban J connectivity index is 2.78. The SMILES string of the molecule is CSCCNS(=O)(=O)c1ccc(C(=O)O)s1. The molecule has 0 fully saturated rings. The van der Waals surface area contributed by atoms with Gasteiger partial charge in [0.15, 0.2) is 0 Å². The van der Waals surface area contributed by atoms with Crippen LogP contribution in [0.15, 0.2) is 16.3 Å². The Labute approximate surface area is 102 Å². The first kappa shape index (κ1) is 13.5. The highest BCUT2D eigenvalue weighted by Crippen LogP contribution is 2.21. The first-order chi connectivity index (χ1) is 7.47. The van der Waals surface area contributed by atoms with Gasteiger partial charge in [-0.2, -0.15) is 11.8 Å². The zero-order valence-corrected chi connectivity index (χ0v) is 10.9. The summed E-state index contributed by atoms with van der Waals surface area (Å²) in [6, 6.07) is 2.59. The van der Waals surface area contributed by atoms with Crippen LogP contribution in [0.1, 0.15) is 9.67 Å². The highest BCUT2D eigenvalue weighted by atomic mass is 32.2. The van der Waals surface area contributed by atoms with Gasteiger partial charge in [-0.05, 0) is 18.4 Å². The Morgan fingerprint density at radius 1 is 1.56 bits per heavy atom. The number of hydrogen-bond donors (Lipinski definition) is 2. The number of hydrogen-bond acceptors (Lipinski definition) is 5. The smallest absolute Gasteiger partial charge is 0.345 e. The van der Waals surface area contributed by atoms with Gasteiger partial charge in [0, 0.05) is 12.3 Å². The zero-order valence-electron chi connectivity index (χ0n) is 8.47. The maximum absolute atomic E-state index is 11.6. The Bertz CT molecular complexity index is 465. The van der Waals surface area contributed by atoms with E-state index < -0.39 is 16.0 Å². The second kappa shape index (κ2) is 5.67. The lowest BCUT2D eigenvalue weighted by atomic mass is 10.5. The van der Waals surface area contributed by atoms with Gasteiger partial charge in [-0.25, -0.2) is 17.9 Å². The average molecular weight is 281 g/mol. The summed E-state index contributed by atoms with van der Waals surface area (Å²) in [4.78, 5) is 10.6. The molecule has 5 nitrogen and oxygen atoms in total. The zero-order chi connectivity index (χ0) is 12.2. The van der Waals surface area contributed by atoms with E-state index in [-0.39, 0.29) is 9.09 Å². The van der Waals surface area contributed by atoms with Crippen LogP contribution in [0.3, 0.4) is 0 Å². The first-order valence-electron chi connectivity index (χ1n) is 4.29. The molecule has 0 radical (unpaired) electrons. The van der Waals surface area contributed by atoms with E-state index in [1.165, 1.54) is 23.9 Å². The number of sulfonamides is 1. The molecule has 1 rings (SSSR count). The summed E-state index contributed by atoms with van der Waals surface area (Å²) in [6.07, 6.45) is 1.88. The molecule has 0 saturated heterocycles. The van der Waals surface area contributed by atoms with E-state index in [1.807, 2.05) is 6.26 Å². The lowest BCUT2D eigenvalue weighted by Gasteiger charge is -2.02. The third-order valence-corrected chi connectivity index (χ3v) is 5.29. The molecule has 1 heterocycles. The van der Waals surface area contributed by atoms with Crippen LogP contribution in [-0.4, -0.2) is 38.0 Å². The Morgan fingerprint density at radius 3 is 2.75 bits per heavy atom. The molecule has 0 aliphatic carbocycles. The standard InChI is InChI=1S/C8H11NO4S3/c1-14-5-4-9-16(12,13)7-3-2-6(15-7)8(10)11/h2-3,9H,4-5H2,1H3,(H,10,11). The third-order valence-electron chi connectivity index (χ3n) is 1.66. The minimum Gasteiger partial charge on any atom is -0.477 e. The minimum absolute atomic E-state index is 0.0187. The van der Waals surface area contributed by atoms with Crippen LogP contribution in [0.4, 0.5) is 0 Å². The van der Waals surface area contributed by atoms with Crippen LogP contribution >= 0.6 is 23.1 Å². The van der Waals surface area contributed by atoms with Crippen LogP contribution in [0.25, 0.3) is 0 Å². The minimum atomic E-state index is -3.55. The fraction of sp³-hybridized carbons (Fsp3) is 0.375. The van der Waals surface area contributed by atoms with Crippen molar-refractivity contribution in [2.24, 2.45) is 0 Å². The fourth-order valence-electron chi connectivity index (χ4n) is 0.929. The van der Waals surface area contributed by atoms with Gasteiger partial charge in [0.25, 0.3) is 0 Å². The number of nitrogens with one attached hydrogen (secondary N) is 1. The Hall–Kier alpha value is -0.570. The number of thioether (sulfide) groups is 1. The maximum Gasteiger partial charge on any atom is 0.345 e. The molecule has 8 heteroatoms. The molecule has 1 aromatic rings. The fourth-order valence-corrected chi connectivity index (χ4v) is 3.59. The van der Waals surface area contributed by atoms with Gasteiger partial charge >= 0.3 is 5.97 Å². The van der Waals surface area contributed by atoms with Gasteiger partial charge in [0.2, 0.25) is 10.0 Å². The van der Waals surface area contributed by atoms with Gasteiger partial charge in [0.05, 0.1) is 0 Å². The van der Waals surface area contributed by atoms with Crippen molar-refractivity contribution in [1.82, 2.24) is 4.72 Å². The van der Waals surface area contributed by atoms with Crippen LogP contribution in [0.5, 0.6) is 0 Å². The van der Waals surface area contributed by atoms with E-state index >= 15 is 0 Å². The predicted molar refractivity (Wildman–Crippen MR) is 64.8 cm³/mol. The van der Waals surface area contributed by atoms with Crippen LogP contribution in [-0.2, 0) is 10.0 Å². The Morgan fingerprint density at radius 2 is 2.25 bits per heavy atom. The van der Waals surface area contributed by atoms with Crippen molar-refractivity contribution in [2.45, 2.75) is 4.21 Å². The van der Waals surface area contributed by atoms with E-state index in [9.17, 15) is 13.2 Å². The molecule has 0 atom stereocenters. The molecular weight excluding hydrogens is 270 g/mol. The summed E-state index contributed by atoms with van der Waals surface area (Å²) in [5.74, 6) is -0.438. The molecule has 0 saturated carbocycles. The molecule has 16 heavy (non-hydrogen) atoms. The van der Waals surface area contributed by atoms with Crippen molar-refractivity contribution in [3.05, 3.63) is 17.0 Å². The summed E-state index contributed by atoms with van der Waals surface area (Å²) < 4.78 is 25.7. The van der Waals surface area contributed by atoms with E-state index in [0.717, 1.165) is 11.3 Å². The van der Waals surface area contributed by atoms with Gasteiger partial charge in [-0.15, -0.1) is 11.3 Å². The van der Waals surface area contributed by atoms with Crippen LogP contribution < -0.4 is 4.72 Å². The molecule has 1 aromatic heterocycles. The van der Waals surface area contributed by atoms with Crippen molar-refractivity contribution >= 4 is 39.1 Å². The highest BCUT2D eigenvalue weighted by Gasteiger charge is 2.18. The summed E-state index contributed by atoms with van der Waals surface area (Å²) in [5.41, 5.74) is 0. The van der Waals surface area contributed by atoms with Crippen molar-refractivity contribution in [2.75, 3.05) is 18.6 Å². The lowest BCUT2D eigenvalue weighted by molar-refractivity contribution is 0.0702. The van der Waals surface area contributed by atoms with Crippen molar-refractivity contribution in [1.29, 1.82) is 0 Å². The average Bonchev–Trinajstić information content (AvgIpc) is 2.67. The Kier molecular flexibility index (Phi) is 4.78. The van der Waals surface area contributed by atoms with Crippen molar-refractivity contribution in [3.8, 4) is 0 Å². The molecule has 0 bridgehead atoms. The van der Waals surface area contributed by atoms with Gasteiger partial charge in [-0.1, -0.05) is 0 Å². The van der Waals surface area contributed by atoms with Crippen molar-refractivity contribution < 1.29 is 18.3 Å². The maximum atomic E-state index is 11.6. The number of carboxylic acid groups (broad SMARTS) is 1. The summed E-state index contributed by atoms with van der Waals surface area (Å²) in [5, 5.41) is 8.67. The summed E-state index contributed by atoms with van der Waals surface area (Å²) >= 11 is 2.28. The van der Waals surface area contributed by atoms with Gasteiger partial charge < -0.3 is 5.11 Å². The molecule has 0 unspecified atom stereocenters. The number of aromatic carboxylic acids is 1. The van der Waals surface area contributed by atoms with E-state index in [4.69, 9.17) is 5.11 Å². The largest absolute Gasteiger partial charge is 0.477 e. The second-order valence-electron chi connectivity index (χ2n) is 2.81. The van der Waals surface area contributed by atoms with Crippen LogP contribution in [0.2, 0.25) is 0 Å². The second-order valence-corrected chi connectivity index (χ2v) is 6.88. The molecular formula is C8H11NO4S3. The van der Waals surface area contributed by atoms with E-state index in [2.05, 4.69) is 4.72 Å². The molecule has 0 aliphatic heterocycles. The normalized spacial score (nSPS) is 11.6. The molecule has 90 valence electrons. The molecule has 2 N–H and O–H groups in total. The number of carboxylic acids is 1. The predicted octanol–water partition coefficient (Wildman–Crippen LogP) is 1.09. The monoisotopic (exact) mass is 281 g/mol. The van der Waals surface area contributed by atoms with Gasteiger partial charge in [-0.3, -0.25) is 0 Å². The molecule has 0 amide bonds. The quantitative estimate of drug-likeness (QED) is 0.763. The number of carbonyl (C=O) groups is 1. The summed E-state index contributed by atoms with van der Waals surface area (Å²) in [6.45, 7) is 0.337. The third kappa shape index (κ3) is 3.48. The number of thiophene rings is 1. The van der Waals surface area contributed by atoms with Gasteiger partial charge in [0.1, 0.15) is 9.09 Å². The van der Waals surface area contributed by atoms with Crippen LogP contribution in [0, 0.1) is 0 Å². The number of rotatable bonds is 6. The highest BCUT2D eigenvalue weighted by molar-refractivity contribution is 7.98. The molecule has 0 aromatic carbocycles. The first-order valence-corrected chi connectivity index (χ1v) is 7.98. The lowest BCUT2D eigenvalue weighted by Crippen LogP contribution is -2.25.